The van der Waals surface area contributed by atoms with E-state index in [0.717, 1.165) is 6.42 Å². The van der Waals surface area contributed by atoms with Crippen LogP contribution < -0.4 is 5.32 Å². The van der Waals surface area contributed by atoms with Crippen LogP contribution in [0.4, 0.5) is 0 Å². The second kappa shape index (κ2) is 6.82. The van der Waals surface area contributed by atoms with Crippen molar-refractivity contribution in [2.24, 2.45) is 11.8 Å². The Morgan fingerprint density at radius 1 is 1.36 bits per heavy atom. The van der Waals surface area contributed by atoms with E-state index in [1.807, 2.05) is 13.8 Å². The van der Waals surface area contributed by atoms with Crippen molar-refractivity contribution in [3.8, 4) is 0 Å². The molecule has 84 valence electrons. The number of hydrogen-bond donors (Lipinski definition) is 2. The summed E-state index contributed by atoms with van der Waals surface area (Å²) < 4.78 is 0. The van der Waals surface area contributed by atoms with E-state index in [2.05, 4.69) is 19.2 Å². The molecule has 1 unspecified atom stereocenters. The number of carbonyl (C=O) groups is 1. The average molecular weight is 201 g/mol. The van der Waals surface area contributed by atoms with E-state index >= 15 is 0 Å². The minimum atomic E-state index is -0.105. The molecule has 2 atom stereocenters. The van der Waals surface area contributed by atoms with E-state index < -0.39 is 0 Å². The van der Waals surface area contributed by atoms with E-state index in [4.69, 9.17) is 5.11 Å². The normalized spacial score (nSPS) is 15.3. The molecule has 0 aliphatic heterocycles. The lowest BCUT2D eigenvalue weighted by atomic mass is 10.0. The molecule has 0 aromatic heterocycles. The summed E-state index contributed by atoms with van der Waals surface area (Å²) in [5.41, 5.74) is 0. The maximum Gasteiger partial charge on any atom is 0.220 e. The number of nitrogens with one attached hydrogen (secondary N) is 1. The van der Waals surface area contributed by atoms with Crippen molar-refractivity contribution in [3.05, 3.63) is 0 Å². The van der Waals surface area contributed by atoms with Crippen molar-refractivity contribution >= 4 is 5.91 Å². The molecule has 3 heteroatoms. The van der Waals surface area contributed by atoms with E-state index in [9.17, 15) is 4.79 Å². The van der Waals surface area contributed by atoms with E-state index in [1.165, 1.54) is 0 Å². The third-order valence-corrected chi connectivity index (χ3v) is 2.58. The third kappa shape index (κ3) is 5.22. The number of amides is 1. The van der Waals surface area contributed by atoms with Crippen LogP contribution in [0.2, 0.25) is 0 Å². The highest BCUT2D eigenvalue weighted by molar-refractivity contribution is 5.76. The minimum absolute atomic E-state index is 0.0178. The van der Waals surface area contributed by atoms with Crippen molar-refractivity contribution in [3.63, 3.8) is 0 Å². The monoisotopic (exact) mass is 201 g/mol. The summed E-state index contributed by atoms with van der Waals surface area (Å²) in [5, 5.41) is 11.9. The van der Waals surface area contributed by atoms with Crippen LogP contribution in [0.5, 0.6) is 0 Å². The number of carbonyl (C=O) groups excluding carboxylic acids is 1. The topological polar surface area (TPSA) is 49.3 Å². The molecule has 0 aliphatic rings. The third-order valence-electron chi connectivity index (χ3n) is 2.58. The highest BCUT2D eigenvalue weighted by Gasteiger charge is 2.15. The summed E-state index contributed by atoms with van der Waals surface area (Å²) in [6, 6.07) is -0.105. The maximum atomic E-state index is 11.5. The highest BCUT2D eigenvalue weighted by Crippen LogP contribution is 2.07. The molecule has 0 aliphatic carbocycles. The van der Waals surface area contributed by atoms with Gasteiger partial charge in [-0.05, 0) is 11.8 Å². The van der Waals surface area contributed by atoms with Crippen molar-refractivity contribution in [2.75, 3.05) is 6.61 Å². The molecule has 0 saturated heterocycles. The van der Waals surface area contributed by atoms with E-state index in [-0.39, 0.29) is 24.5 Å². The maximum absolute atomic E-state index is 11.5. The van der Waals surface area contributed by atoms with Crippen molar-refractivity contribution in [1.82, 2.24) is 5.32 Å². The quantitative estimate of drug-likeness (QED) is 0.685. The van der Waals surface area contributed by atoms with Gasteiger partial charge in [-0.25, -0.2) is 0 Å². The van der Waals surface area contributed by atoms with Crippen LogP contribution in [0.3, 0.4) is 0 Å². The average Bonchev–Trinajstić information content (AvgIpc) is 2.13. The Hall–Kier alpha value is -0.570. The molecular weight excluding hydrogens is 178 g/mol. The fourth-order valence-corrected chi connectivity index (χ4v) is 1.15. The van der Waals surface area contributed by atoms with Gasteiger partial charge in [0.25, 0.3) is 0 Å². The smallest absolute Gasteiger partial charge is 0.220 e. The summed E-state index contributed by atoms with van der Waals surface area (Å²) in [5.74, 6) is 0.745. The van der Waals surface area contributed by atoms with Gasteiger partial charge in [0.05, 0.1) is 12.6 Å². The molecule has 0 aromatic carbocycles. The molecule has 0 fully saturated rings. The number of rotatable bonds is 6. The van der Waals surface area contributed by atoms with Crippen LogP contribution in [0.1, 0.15) is 40.5 Å². The molecule has 0 bridgehead atoms. The van der Waals surface area contributed by atoms with Crippen molar-refractivity contribution < 1.29 is 9.90 Å². The Morgan fingerprint density at radius 3 is 2.29 bits per heavy atom. The summed E-state index contributed by atoms with van der Waals surface area (Å²) >= 11 is 0. The number of aliphatic hydroxyl groups excluding tert-OH is 1. The molecule has 3 nitrogen and oxygen atoms in total. The summed E-state index contributed by atoms with van der Waals surface area (Å²) in [6.07, 6.45) is 1.57. The molecule has 0 spiro atoms. The first-order valence-electron chi connectivity index (χ1n) is 5.41. The second-order valence-electron chi connectivity index (χ2n) is 4.32. The first-order valence-corrected chi connectivity index (χ1v) is 5.41. The Balaban J connectivity index is 3.91. The summed E-state index contributed by atoms with van der Waals surface area (Å²) in [6.45, 7) is 8.13. The largest absolute Gasteiger partial charge is 0.394 e. The standard InChI is InChI=1S/C11H23NO2/c1-5-9(4)6-11(14)12-10(7-13)8(2)3/h8-10,13H,5-7H2,1-4H3,(H,12,14)/t9?,10-/m1/s1. The first-order chi connectivity index (χ1) is 6.51. The van der Waals surface area contributed by atoms with Gasteiger partial charge in [0.15, 0.2) is 0 Å². The van der Waals surface area contributed by atoms with Gasteiger partial charge in [0.1, 0.15) is 0 Å². The Bertz CT molecular complexity index is 169. The molecule has 0 rings (SSSR count). The zero-order valence-corrected chi connectivity index (χ0v) is 9.71. The van der Waals surface area contributed by atoms with Crippen molar-refractivity contribution in [2.45, 2.75) is 46.6 Å². The molecular formula is C11H23NO2. The molecule has 1 amide bonds. The Labute approximate surface area is 86.9 Å². The molecule has 0 radical (unpaired) electrons. The van der Waals surface area contributed by atoms with E-state index in [1.54, 1.807) is 0 Å². The van der Waals surface area contributed by atoms with Gasteiger partial charge >= 0.3 is 0 Å². The van der Waals surface area contributed by atoms with Crippen LogP contribution in [0, 0.1) is 11.8 Å². The lowest BCUT2D eigenvalue weighted by Gasteiger charge is -2.20. The van der Waals surface area contributed by atoms with Crippen LogP contribution in [-0.2, 0) is 4.79 Å². The predicted molar refractivity (Wildman–Crippen MR) is 57.9 cm³/mol. The molecule has 0 saturated carbocycles. The SMILES string of the molecule is CCC(C)CC(=O)N[C@H](CO)C(C)C. The van der Waals surface area contributed by atoms with E-state index in [0.29, 0.717) is 12.3 Å². The van der Waals surface area contributed by atoms with Crippen LogP contribution >= 0.6 is 0 Å². The van der Waals surface area contributed by atoms with Gasteiger partial charge in [-0.15, -0.1) is 0 Å². The zero-order chi connectivity index (χ0) is 11.1. The van der Waals surface area contributed by atoms with Crippen LogP contribution in [0.25, 0.3) is 0 Å². The van der Waals surface area contributed by atoms with Gasteiger partial charge in [0, 0.05) is 6.42 Å². The van der Waals surface area contributed by atoms with Crippen molar-refractivity contribution in [1.29, 1.82) is 0 Å². The van der Waals surface area contributed by atoms with Gasteiger partial charge in [-0.3, -0.25) is 4.79 Å². The molecule has 2 N–H and O–H groups in total. The Morgan fingerprint density at radius 2 is 1.93 bits per heavy atom. The minimum Gasteiger partial charge on any atom is -0.394 e. The number of aliphatic hydroxyl groups is 1. The first kappa shape index (κ1) is 13.4. The fraction of sp³-hybridized carbons (Fsp3) is 0.909. The lowest BCUT2D eigenvalue weighted by molar-refractivity contribution is -0.123. The summed E-state index contributed by atoms with van der Waals surface area (Å²) in [7, 11) is 0. The van der Waals surface area contributed by atoms with Gasteiger partial charge in [-0.2, -0.15) is 0 Å². The zero-order valence-electron chi connectivity index (χ0n) is 9.71. The highest BCUT2D eigenvalue weighted by atomic mass is 16.3. The van der Waals surface area contributed by atoms with Crippen LogP contribution in [0.15, 0.2) is 0 Å². The lowest BCUT2D eigenvalue weighted by Crippen LogP contribution is -2.41. The summed E-state index contributed by atoms with van der Waals surface area (Å²) in [4.78, 5) is 11.5. The molecule has 14 heavy (non-hydrogen) atoms. The van der Waals surface area contributed by atoms with Gasteiger partial charge in [-0.1, -0.05) is 34.1 Å². The molecule has 0 heterocycles. The number of hydrogen-bond acceptors (Lipinski definition) is 2. The second-order valence-corrected chi connectivity index (χ2v) is 4.32. The predicted octanol–water partition coefficient (Wildman–Crippen LogP) is 1.56. The van der Waals surface area contributed by atoms with Gasteiger partial charge < -0.3 is 10.4 Å². The van der Waals surface area contributed by atoms with Gasteiger partial charge in [0.2, 0.25) is 5.91 Å². The molecule has 0 aromatic rings. The van der Waals surface area contributed by atoms with Crippen LogP contribution in [-0.4, -0.2) is 23.7 Å². The fourth-order valence-electron chi connectivity index (χ4n) is 1.15. The Kier molecular flexibility index (Phi) is 6.54.